The molecular formula is C18H21F5N4O5. The van der Waals surface area contributed by atoms with Gasteiger partial charge in [0.1, 0.15) is 12.2 Å². The van der Waals surface area contributed by atoms with Gasteiger partial charge in [-0.05, 0) is 33.3 Å². The highest BCUT2D eigenvalue weighted by Crippen LogP contribution is 2.28. The zero-order valence-corrected chi connectivity index (χ0v) is 17.3. The molecule has 0 aliphatic heterocycles. The third-order valence-electron chi connectivity index (χ3n) is 4.03. The number of pyridine rings is 1. The summed E-state index contributed by atoms with van der Waals surface area (Å²) in [6.07, 6.45) is -7.92. The third-order valence-corrected chi connectivity index (χ3v) is 4.03. The Hall–Kier alpha value is -3.03. The topological polar surface area (TPSA) is 108 Å². The van der Waals surface area contributed by atoms with Crippen molar-refractivity contribution in [2.75, 3.05) is 6.61 Å². The molecule has 2 rings (SSSR count). The second-order valence-electron chi connectivity index (χ2n) is 6.88. The van der Waals surface area contributed by atoms with Crippen molar-refractivity contribution in [3.63, 3.8) is 0 Å². The molecule has 0 radical (unpaired) electrons. The molecule has 0 unspecified atom stereocenters. The van der Waals surface area contributed by atoms with Crippen LogP contribution in [-0.4, -0.2) is 55.4 Å². The Morgan fingerprint density at radius 2 is 1.94 bits per heavy atom. The number of alkyl halides is 4. The van der Waals surface area contributed by atoms with E-state index in [4.69, 9.17) is 14.6 Å². The first-order valence-corrected chi connectivity index (χ1v) is 9.41. The van der Waals surface area contributed by atoms with Crippen LogP contribution in [0.3, 0.4) is 0 Å². The maximum Gasteiger partial charge on any atom is 0.425 e. The summed E-state index contributed by atoms with van der Waals surface area (Å²) in [6, 6.07) is 0.500. The number of nitrogens with zero attached hydrogens (tertiary/aromatic N) is 4. The summed E-state index contributed by atoms with van der Waals surface area (Å²) in [5, 5.41) is 12.5. The molecule has 14 heteroatoms. The molecule has 0 aliphatic carbocycles. The second kappa shape index (κ2) is 10.1. The predicted octanol–water partition coefficient (Wildman–Crippen LogP) is 2.31. The first-order valence-electron chi connectivity index (χ1n) is 9.41. The Morgan fingerprint density at radius 3 is 2.47 bits per heavy atom. The van der Waals surface area contributed by atoms with E-state index in [1.165, 1.54) is 13.8 Å². The Bertz CT molecular complexity index is 1020. The molecule has 0 spiro atoms. The Morgan fingerprint density at radius 1 is 1.28 bits per heavy atom. The van der Waals surface area contributed by atoms with E-state index >= 15 is 0 Å². The minimum Gasteiger partial charge on any atom is -0.464 e. The highest BCUT2D eigenvalue weighted by atomic mass is 19.4. The molecule has 2 aromatic heterocycles. The lowest BCUT2D eigenvalue weighted by Crippen LogP contribution is -2.32. The minimum absolute atomic E-state index is 0.0615. The summed E-state index contributed by atoms with van der Waals surface area (Å²) in [4.78, 5) is 28.4. The summed E-state index contributed by atoms with van der Waals surface area (Å²) < 4.78 is 77.8. The lowest BCUT2D eigenvalue weighted by atomic mass is 10.2. The molecule has 2 aromatic rings. The highest BCUT2D eigenvalue weighted by molar-refractivity contribution is 5.92. The van der Waals surface area contributed by atoms with Gasteiger partial charge < -0.3 is 14.6 Å². The van der Waals surface area contributed by atoms with Gasteiger partial charge in [-0.1, -0.05) is 0 Å². The SMILES string of the molecule is CC(C)OC(=O)c1cc(F)c(-n2nc(CF)n(CCCO)c2=O)nc1O[C@@H](C)C(F)(F)F. The molecule has 0 bridgehead atoms. The number of halogens is 5. The van der Waals surface area contributed by atoms with E-state index in [9.17, 15) is 31.5 Å². The van der Waals surface area contributed by atoms with Crippen molar-refractivity contribution >= 4 is 5.97 Å². The van der Waals surface area contributed by atoms with Gasteiger partial charge in [0.2, 0.25) is 5.88 Å². The minimum atomic E-state index is -4.85. The monoisotopic (exact) mass is 468 g/mol. The Kier molecular flexibility index (Phi) is 7.93. The lowest BCUT2D eigenvalue weighted by molar-refractivity contribution is -0.190. The maximum absolute atomic E-state index is 14.8. The highest BCUT2D eigenvalue weighted by Gasteiger charge is 2.39. The van der Waals surface area contributed by atoms with Gasteiger partial charge in [0.05, 0.1) is 6.10 Å². The number of rotatable bonds is 9. The quantitative estimate of drug-likeness (QED) is 0.445. The largest absolute Gasteiger partial charge is 0.464 e. The molecule has 0 fully saturated rings. The van der Waals surface area contributed by atoms with E-state index in [1.54, 1.807) is 0 Å². The number of hydrogen-bond donors (Lipinski definition) is 1. The number of aliphatic hydroxyl groups is 1. The van der Waals surface area contributed by atoms with Crippen LogP contribution in [-0.2, 0) is 18.0 Å². The Balaban J connectivity index is 2.65. The fraction of sp³-hybridized carbons (Fsp3) is 0.556. The van der Waals surface area contributed by atoms with Crippen LogP contribution in [0.1, 0.15) is 43.4 Å². The molecule has 1 atom stereocenters. The molecule has 0 aromatic carbocycles. The summed E-state index contributed by atoms with van der Waals surface area (Å²) in [6.45, 7) is 1.87. The molecule has 0 saturated carbocycles. The Labute approximate surface area is 178 Å². The van der Waals surface area contributed by atoms with Crippen LogP contribution in [0, 0.1) is 5.82 Å². The van der Waals surface area contributed by atoms with Gasteiger partial charge in [-0.3, -0.25) is 4.57 Å². The van der Waals surface area contributed by atoms with Crippen molar-refractivity contribution < 1.29 is 41.3 Å². The van der Waals surface area contributed by atoms with Gasteiger partial charge in [-0.2, -0.15) is 22.8 Å². The van der Waals surface area contributed by atoms with Gasteiger partial charge in [0.15, 0.2) is 23.6 Å². The molecule has 0 aliphatic rings. The fourth-order valence-corrected chi connectivity index (χ4v) is 2.49. The summed E-state index contributed by atoms with van der Waals surface area (Å²) in [5.41, 5.74) is -1.79. The van der Waals surface area contributed by atoms with Crippen LogP contribution >= 0.6 is 0 Å². The van der Waals surface area contributed by atoms with Crippen molar-refractivity contribution in [1.29, 1.82) is 0 Å². The van der Waals surface area contributed by atoms with Crippen LogP contribution in [0.5, 0.6) is 5.88 Å². The average Bonchev–Trinajstić information content (AvgIpc) is 3.01. The number of ether oxygens (including phenoxy) is 2. The van der Waals surface area contributed by atoms with Crippen LogP contribution in [0.25, 0.3) is 5.82 Å². The number of hydrogen-bond acceptors (Lipinski definition) is 7. The molecule has 2 heterocycles. The van der Waals surface area contributed by atoms with Gasteiger partial charge in [-0.25, -0.2) is 18.4 Å². The average molecular weight is 468 g/mol. The van der Waals surface area contributed by atoms with Crippen molar-refractivity contribution in [2.45, 2.75) is 58.8 Å². The number of carbonyl (C=O) groups excluding carboxylic acids is 1. The lowest BCUT2D eigenvalue weighted by Gasteiger charge is -2.19. The first-order chi connectivity index (χ1) is 14.9. The molecule has 9 nitrogen and oxygen atoms in total. The normalized spacial score (nSPS) is 12.8. The molecular weight excluding hydrogens is 447 g/mol. The van der Waals surface area contributed by atoms with E-state index in [1.807, 2.05) is 0 Å². The van der Waals surface area contributed by atoms with Crippen LogP contribution in [0.15, 0.2) is 10.9 Å². The maximum atomic E-state index is 14.8. The molecule has 178 valence electrons. The molecule has 32 heavy (non-hydrogen) atoms. The smallest absolute Gasteiger partial charge is 0.425 e. The van der Waals surface area contributed by atoms with E-state index in [0.717, 1.165) is 4.57 Å². The zero-order valence-electron chi connectivity index (χ0n) is 17.3. The summed E-state index contributed by atoms with van der Waals surface area (Å²) in [5.74, 6) is -4.79. The van der Waals surface area contributed by atoms with Crippen molar-refractivity contribution in [3.05, 3.63) is 33.8 Å². The van der Waals surface area contributed by atoms with Gasteiger partial charge in [0, 0.05) is 13.2 Å². The molecule has 0 amide bonds. The van der Waals surface area contributed by atoms with Gasteiger partial charge >= 0.3 is 17.8 Å². The molecule has 1 N–H and O–H groups in total. The van der Waals surface area contributed by atoms with Gasteiger partial charge in [0.25, 0.3) is 0 Å². The van der Waals surface area contributed by atoms with Crippen LogP contribution < -0.4 is 10.4 Å². The molecule has 0 saturated heterocycles. The van der Waals surface area contributed by atoms with Crippen LogP contribution in [0.4, 0.5) is 22.0 Å². The van der Waals surface area contributed by atoms with Crippen molar-refractivity contribution in [1.82, 2.24) is 19.3 Å². The summed E-state index contributed by atoms with van der Waals surface area (Å²) in [7, 11) is 0. The summed E-state index contributed by atoms with van der Waals surface area (Å²) >= 11 is 0. The number of aliphatic hydroxyl groups excluding tert-OH is 1. The number of carbonyl (C=O) groups is 1. The number of aromatic nitrogens is 4. The van der Waals surface area contributed by atoms with Crippen LogP contribution in [0.2, 0.25) is 0 Å². The second-order valence-corrected chi connectivity index (χ2v) is 6.88. The predicted molar refractivity (Wildman–Crippen MR) is 98.8 cm³/mol. The van der Waals surface area contributed by atoms with Gasteiger partial charge in [-0.15, -0.1) is 5.10 Å². The first kappa shape index (κ1) is 25.2. The van der Waals surface area contributed by atoms with E-state index in [-0.39, 0.29) is 19.6 Å². The van der Waals surface area contributed by atoms with Crippen molar-refractivity contribution in [3.8, 4) is 11.7 Å². The zero-order chi connectivity index (χ0) is 24.2. The van der Waals surface area contributed by atoms with Crippen molar-refractivity contribution in [2.24, 2.45) is 0 Å². The standard InChI is InChI=1S/C18H21F5N4O5/c1-9(2)31-16(29)11-7-12(20)14(24-15(11)32-10(3)18(21,22)23)27-17(30)26(5-4-6-28)13(8-19)25-27/h7,9-10,28H,4-6,8H2,1-3H3/t10-/m0/s1. The van der Waals surface area contributed by atoms with E-state index < -0.39 is 65.6 Å². The van der Waals surface area contributed by atoms with E-state index in [2.05, 4.69) is 10.1 Å². The fourth-order valence-electron chi connectivity index (χ4n) is 2.49. The third kappa shape index (κ3) is 5.60. The van der Waals surface area contributed by atoms with E-state index in [0.29, 0.717) is 17.7 Å². The number of esters is 1.